The number of alkyl halides is 2. The third kappa shape index (κ3) is 5.48. The van der Waals surface area contributed by atoms with Crippen LogP contribution < -0.4 is 15.8 Å². The Bertz CT molecular complexity index is 538. The van der Waals surface area contributed by atoms with Crippen LogP contribution in [0.3, 0.4) is 0 Å². The third-order valence-electron chi connectivity index (χ3n) is 3.88. The highest BCUT2D eigenvalue weighted by molar-refractivity contribution is 6.30. The molecule has 1 aromatic carbocycles. The van der Waals surface area contributed by atoms with E-state index in [2.05, 4.69) is 10.1 Å². The van der Waals surface area contributed by atoms with E-state index in [0.29, 0.717) is 23.4 Å². The predicted octanol–water partition coefficient (Wildman–Crippen LogP) is 3.64. The molecule has 2 rings (SSSR count). The van der Waals surface area contributed by atoms with Gasteiger partial charge in [0, 0.05) is 17.1 Å². The maximum Gasteiger partial charge on any atom is 0.387 e. The average Bonchev–Trinajstić information content (AvgIpc) is 2.47. The largest absolute Gasteiger partial charge is 0.434 e. The van der Waals surface area contributed by atoms with E-state index in [1.807, 2.05) is 0 Å². The standard InChI is InChI=1S/C15H19ClF2N2O2.ClH/c16-11-4-5-12(22-14(17)18)10(8-11)9-20-13(21)15(19)6-2-1-3-7-15;/h4-5,8,14H,1-3,6-7,9,19H2,(H,20,21);1H. The molecule has 0 spiro atoms. The molecule has 1 fully saturated rings. The Morgan fingerprint density at radius 2 is 2.00 bits per heavy atom. The van der Waals surface area contributed by atoms with Gasteiger partial charge in [-0.3, -0.25) is 4.79 Å². The molecule has 0 radical (unpaired) electrons. The topological polar surface area (TPSA) is 64.4 Å². The molecule has 3 N–H and O–H groups in total. The molecule has 0 unspecified atom stereocenters. The van der Waals surface area contributed by atoms with Crippen LogP contribution in [0.1, 0.15) is 37.7 Å². The molecule has 0 atom stereocenters. The van der Waals surface area contributed by atoms with Crippen molar-refractivity contribution >= 4 is 29.9 Å². The van der Waals surface area contributed by atoms with Crippen LogP contribution in [0.4, 0.5) is 8.78 Å². The van der Waals surface area contributed by atoms with Crippen molar-refractivity contribution in [3.8, 4) is 5.75 Å². The highest BCUT2D eigenvalue weighted by atomic mass is 35.5. The lowest BCUT2D eigenvalue weighted by molar-refractivity contribution is -0.127. The molecule has 0 saturated heterocycles. The van der Waals surface area contributed by atoms with E-state index >= 15 is 0 Å². The SMILES string of the molecule is Cl.NC1(C(=O)NCc2cc(Cl)ccc2OC(F)F)CCCCC1. The van der Waals surface area contributed by atoms with Crippen LogP contribution in [-0.2, 0) is 11.3 Å². The summed E-state index contributed by atoms with van der Waals surface area (Å²) in [7, 11) is 0. The smallest absolute Gasteiger partial charge is 0.387 e. The fourth-order valence-electron chi connectivity index (χ4n) is 2.66. The molecule has 1 aliphatic carbocycles. The Kier molecular flexibility index (Phi) is 7.51. The van der Waals surface area contributed by atoms with Gasteiger partial charge >= 0.3 is 6.61 Å². The zero-order valence-electron chi connectivity index (χ0n) is 12.5. The number of carbonyl (C=O) groups excluding carboxylic acids is 1. The van der Waals surface area contributed by atoms with E-state index in [1.54, 1.807) is 0 Å². The van der Waals surface area contributed by atoms with Crippen LogP contribution in [0.2, 0.25) is 5.02 Å². The number of rotatable bonds is 5. The van der Waals surface area contributed by atoms with Crippen LogP contribution in [0.5, 0.6) is 5.75 Å². The van der Waals surface area contributed by atoms with Gasteiger partial charge in [-0.05, 0) is 31.0 Å². The van der Waals surface area contributed by atoms with Crippen LogP contribution in [0, 0.1) is 0 Å². The highest BCUT2D eigenvalue weighted by Crippen LogP contribution is 2.27. The molecule has 0 aromatic heterocycles. The van der Waals surface area contributed by atoms with Gasteiger partial charge in [0.05, 0.1) is 5.54 Å². The molecule has 130 valence electrons. The molecule has 4 nitrogen and oxygen atoms in total. The van der Waals surface area contributed by atoms with E-state index < -0.39 is 12.2 Å². The minimum absolute atomic E-state index is 0. The Hall–Kier alpha value is -1.11. The van der Waals surface area contributed by atoms with Crippen molar-refractivity contribution in [3.05, 3.63) is 28.8 Å². The molecule has 1 aromatic rings. The summed E-state index contributed by atoms with van der Waals surface area (Å²) in [6, 6.07) is 4.30. The summed E-state index contributed by atoms with van der Waals surface area (Å²) in [5.41, 5.74) is 5.64. The molecule has 1 amide bonds. The number of ether oxygens (including phenoxy) is 1. The number of carbonyl (C=O) groups is 1. The van der Waals surface area contributed by atoms with Crippen molar-refractivity contribution in [2.24, 2.45) is 5.73 Å². The van der Waals surface area contributed by atoms with Crippen molar-refractivity contribution in [2.45, 2.75) is 50.8 Å². The predicted molar refractivity (Wildman–Crippen MR) is 87.2 cm³/mol. The van der Waals surface area contributed by atoms with Gasteiger partial charge < -0.3 is 15.8 Å². The summed E-state index contributed by atoms with van der Waals surface area (Å²) in [6.07, 6.45) is 4.18. The van der Waals surface area contributed by atoms with Gasteiger partial charge in [0.1, 0.15) is 5.75 Å². The molecular weight excluding hydrogens is 349 g/mol. The molecule has 0 aliphatic heterocycles. The normalized spacial score (nSPS) is 16.6. The van der Waals surface area contributed by atoms with Gasteiger partial charge in [0.2, 0.25) is 5.91 Å². The molecule has 1 saturated carbocycles. The quantitative estimate of drug-likeness (QED) is 0.833. The fourth-order valence-corrected chi connectivity index (χ4v) is 2.85. The van der Waals surface area contributed by atoms with Crippen LogP contribution in [0.15, 0.2) is 18.2 Å². The van der Waals surface area contributed by atoms with E-state index in [4.69, 9.17) is 17.3 Å². The van der Waals surface area contributed by atoms with E-state index in [9.17, 15) is 13.6 Å². The fraction of sp³-hybridized carbons (Fsp3) is 0.533. The second-order valence-corrected chi connectivity index (χ2v) is 5.97. The van der Waals surface area contributed by atoms with Gasteiger partial charge in [0.15, 0.2) is 0 Å². The average molecular weight is 369 g/mol. The van der Waals surface area contributed by atoms with Gasteiger partial charge in [-0.25, -0.2) is 0 Å². The van der Waals surface area contributed by atoms with E-state index in [0.717, 1.165) is 19.3 Å². The molecule has 0 bridgehead atoms. The number of nitrogens with two attached hydrogens (primary N) is 1. The second-order valence-electron chi connectivity index (χ2n) is 5.53. The Balaban J connectivity index is 0.00000264. The summed E-state index contributed by atoms with van der Waals surface area (Å²) in [4.78, 5) is 12.3. The Morgan fingerprint density at radius 3 is 2.61 bits per heavy atom. The first-order valence-electron chi connectivity index (χ1n) is 7.21. The summed E-state index contributed by atoms with van der Waals surface area (Å²) in [5, 5.41) is 3.08. The Labute approximate surface area is 145 Å². The van der Waals surface area contributed by atoms with Crippen molar-refractivity contribution < 1.29 is 18.3 Å². The number of halogens is 4. The number of nitrogens with one attached hydrogen (secondary N) is 1. The van der Waals surface area contributed by atoms with E-state index in [-0.39, 0.29) is 30.6 Å². The van der Waals surface area contributed by atoms with Gasteiger partial charge in [-0.1, -0.05) is 30.9 Å². The van der Waals surface area contributed by atoms with Crippen molar-refractivity contribution in [1.29, 1.82) is 0 Å². The molecular formula is C15H20Cl2F2N2O2. The summed E-state index contributed by atoms with van der Waals surface area (Å²) >= 11 is 5.86. The summed E-state index contributed by atoms with van der Waals surface area (Å²) in [5.74, 6) is -0.274. The minimum atomic E-state index is -2.94. The van der Waals surface area contributed by atoms with Crippen LogP contribution >= 0.6 is 24.0 Å². The van der Waals surface area contributed by atoms with Gasteiger partial charge in [-0.2, -0.15) is 8.78 Å². The molecule has 8 heteroatoms. The monoisotopic (exact) mass is 368 g/mol. The summed E-state index contributed by atoms with van der Waals surface area (Å²) < 4.78 is 29.2. The second kappa shape index (κ2) is 8.66. The molecule has 0 heterocycles. The third-order valence-corrected chi connectivity index (χ3v) is 4.11. The number of benzene rings is 1. The highest BCUT2D eigenvalue weighted by Gasteiger charge is 2.35. The first kappa shape index (κ1) is 19.9. The first-order chi connectivity index (χ1) is 10.4. The zero-order chi connectivity index (χ0) is 16.2. The van der Waals surface area contributed by atoms with Crippen molar-refractivity contribution in [2.75, 3.05) is 0 Å². The molecule has 1 aliphatic rings. The summed E-state index contributed by atoms with van der Waals surface area (Å²) in [6.45, 7) is -2.89. The zero-order valence-corrected chi connectivity index (χ0v) is 14.1. The van der Waals surface area contributed by atoms with Crippen molar-refractivity contribution in [1.82, 2.24) is 5.32 Å². The van der Waals surface area contributed by atoms with Crippen molar-refractivity contribution in [3.63, 3.8) is 0 Å². The maximum absolute atomic E-state index is 12.4. The number of amides is 1. The van der Waals surface area contributed by atoms with Gasteiger partial charge in [-0.15, -0.1) is 12.4 Å². The number of hydrogen-bond donors (Lipinski definition) is 2. The van der Waals surface area contributed by atoms with Crippen LogP contribution in [0.25, 0.3) is 0 Å². The lowest BCUT2D eigenvalue weighted by Crippen LogP contribution is -2.54. The minimum Gasteiger partial charge on any atom is -0.434 e. The lowest BCUT2D eigenvalue weighted by atomic mass is 9.82. The lowest BCUT2D eigenvalue weighted by Gasteiger charge is -2.31. The number of hydrogen-bond acceptors (Lipinski definition) is 3. The molecule has 23 heavy (non-hydrogen) atoms. The maximum atomic E-state index is 12.4. The first-order valence-corrected chi connectivity index (χ1v) is 7.59. The van der Waals surface area contributed by atoms with E-state index in [1.165, 1.54) is 18.2 Å². The van der Waals surface area contributed by atoms with Crippen LogP contribution in [-0.4, -0.2) is 18.1 Å². The Morgan fingerprint density at radius 1 is 1.35 bits per heavy atom. The van der Waals surface area contributed by atoms with Gasteiger partial charge in [0.25, 0.3) is 0 Å².